The van der Waals surface area contributed by atoms with Crippen molar-refractivity contribution in [1.29, 1.82) is 0 Å². The zero-order chi connectivity index (χ0) is 39.1. The largest absolute Gasteiger partial charge is 0.466 e. The predicted octanol–water partition coefficient (Wildman–Crippen LogP) is 18.9. The molecule has 0 heterocycles. The van der Waals surface area contributed by atoms with Gasteiger partial charge in [-0.05, 0) is 44.4 Å². The lowest BCUT2D eigenvalue weighted by Crippen LogP contribution is -2.05. The van der Waals surface area contributed by atoms with Crippen molar-refractivity contribution in [3.05, 3.63) is 12.2 Å². The molecule has 0 amide bonds. The number of ether oxygens (including phenoxy) is 1. The quantitative estimate of drug-likeness (QED) is 0.0351. The van der Waals surface area contributed by atoms with Gasteiger partial charge in [-0.3, -0.25) is 4.79 Å². The molecule has 0 aliphatic heterocycles. The van der Waals surface area contributed by atoms with E-state index in [1.54, 1.807) is 0 Å². The van der Waals surface area contributed by atoms with Gasteiger partial charge in [0.2, 0.25) is 0 Å². The maximum Gasteiger partial charge on any atom is 0.305 e. The van der Waals surface area contributed by atoms with Gasteiger partial charge < -0.3 is 4.74 Å². The Morgan fingerprint density at radius 1 is 0.389 bits per heavy atom. The van der Waals surface area contributed by atoms with E-state index >= 15 is 0 Å². The summed E-state index contributed by atoms with van der Waals surface area (Å²) < 4.78 is 5.49. The van der Waals surface area contributed by atoms with Crippen LogP contribution in [0, 0.1) is 5.92 Å². The smallest absolute Gasteiger partial charge is 0.305 e. The van der Waals surface area contributed by atoms with Crippen molar-refractivity contribution in [3.8, 4) is 0 Å². The highest BCUT2D eigenvalue weighted by Crippen LogP contribution is 2.18. The van der Waals surface area contributed by atoms with Crippen LogP contribution in [0.1, 0.15) is 303 Å². The van der Waals surface area contributed by atoms with Crippen LogP contribution in [0.4, 0.5) is 0 Å². The van der Waals surface area contributed by atoms with Crippen molar-refractivity contribution in [3.63, 3.8) is 0 Å². The fraction of sp³-hybridized carbons (Fsp3) is 0.942. The van der Waals surface area contributed by atoms with Gasteiger partial charge >= 0.3 is 5.97 Å². The van der Waals surface area contributed by atoms with E-state index in [4.69, 9.17) is 4.74 Å². The topological polar surface area (TPSA) is 26.3 Å². The molecule has 2 heteroatoms. The Hall–Kier alpha value is -0.790. The van der Waals surface area contributed by atoms with Gasteiger partial charge in [0, 0.05) is 6.42 Å². The number of unbranched alkanes of at least 4 members (excludes halogenated alkanes) is 38. The van der Waals surface area contributed by atoms with Crippen molar-refractivity contribution in [2.75, 3.05) is 6.61 Å². The Kier molecular flexibility index (Phi) is 47.7. The summed E-state index contributed by atoms with van der Waals surface area (Å²) in [4.78, 5) is 12.1. The van der Waals surface area contributed by atoms with Crippen LogP contribution in [0.3, 0.4) is 0 Å². The van der Waals surface area contributed by atoms with Crippen LogP contribution in [0.15, 0.2) is 12.2 Å². The van der Waals surface area contributed by atoms with Crippen molar-refractivity contribution in [2.24, 2.45) is 5.92 Å². The van der Waals surface area contributed by atoms with E-state index < -0.39 is 0 Å². The van der Waals surface area contributed by atoms with Gasteiger partial charge in [-0.15, -0.1) is 0 Å². The number of esters is 1. The molecule has 1 atom stereocenters. The van der Waals surface area contributed by atoms with E-state index in [9.17, 15) is 4.79 Å². The lowest BCUT2D eigenvalue weighted by atomic mass is 9.99. The summed E-state index contributed by atoms with van der Waals surface area (Å²) in [5.41, 5.74) is 0. The summed E-state index contributed by atoms with van der Waals surface area (Å²) in [5, 5.41) is 0. The third kappa shape index (κ3) is 47.4. The highest BCUT2D eigenvalue weighted by atomic mass is 16.5. The van der Waals surface area contributed by atoms with Gasteiger partial charge in [0.1, 0.15) is 0 Å². The SMILES string of the molecule is CCCCCCCCC=CCCCCCCCCCCCC(=O)OCCCCCCCCCCCCCCCCCCCCCCCCCCC(C)CC. The predicted molar refractivity (Wildman–Crippen MR) is 244 cm³/mol. The second kappa shape index (κ2) is 48.4. The van der Waals surface area contributed by atoms with Gasteiger partial charge in [-0.2, -0.15) is 0 Å². The van der Waals surface area contributed by atoms with E-state index in [0.717, 1.165) is 18.8 Å². The van der Waals surface area contributed by atoms with E-state index in [0.29, 0.717) is 13.0 Å². The van der Waals surface area contributed by atoms with Crippen molar-refractivity contribution in [2.45, 2.75) is 303 Å². The number of hydrogen-bond donors (Lipinski definition) is 0. The standard InChI is InChI=1S/C52H102O2/c1-4-6-7-8-9-10-11-12-13-14-21-25-28-31-34-37-40-43-46-49-52(53)54-50-47-44-41-38-35-32-29-26-23-20-18-16-15-17-19-22-24-27-30-33-36-39-42-45-48-51(3)5-2/h12-13,51H,4-11,14-50H2,1-3H3. The molecule has 0 bridgehead atoms. The summed E-state index contributed by atoms with van der Waals surface area (Å²) in [6.07, 6.45) is 64.8. The highest BCUT2D eigenvalue weighted by molar-refractivity contribution is 5.69. The maximum absolute atomic E-state index is 12.1. The molecule has 0 aromatic rings. The fourth-order valence-electron chi connectivity index (χ4n) is 7.99. The molecule has 1 unspecified atom stereocenters. The molecule has 0 spiro atoms. The third-order valence-corrected chi connectivity index (χ3v) is 12.2. The first kappa shape index (κ1) is 53.2. The number of carbonyl (C=O) groups excluding carboxylic acids is 1. The zero-order valence-corrected chi connectivity index (χ0v) is 37.9. The van der Waals surface area contributed by atoms with Crippen LogP contribution in [0.2, 0.25) is 0 Å². The lowest BCUT2D eigenvalue weighted by Gasteiger charge is -2.07. The maximum atomic E-state index is 12.1. The number of allylic oxidation sites excluding steroid dienone is 2. The molecule has 0 aromatic carbocycles. The molecule has 322 valence electrons. The molecule has 0 aliphatic rings. The molecule has 0 aliphatic carbocycles. The molecule has 0 N–H and O–H groups in total. The number of hydrogen-bond acceptors (Lipinski definition) is 2. The Labute approximate surface area is 342 Å². The van der Waals surface area contributed by atoms with Crippen LogP contribution < -0.4 is 0 Å². The normalized spacial score (nSPS) is 12.3. The number of carbonyl (C=O) groups is 1. The molecule has 0 saturated carbocycles. The van der Waals surface area contributed by atoms with Gasteiger partial charge in [-0.1, -0.05) is 270 Å². The van der Waals surface area contributed by atoms with Crippen molar-refractivity contribution >= 4 is 5.97 Å². The molecule has 0 fully saturated rings. The highest BCUT2D eigenvalue weighted by Gasteiger charge is 2.03. The molecule has 0 rings (SSSR count). The third-order valence-electron chi connectivity index (χ3n) is 12.2. The average Bonchev–Trinajstić information content (AvgIpc) is 3.18. The summed E-state index contributed by atoms with van der Waals surface area (Å²) in [5.74, 6) is 0.965. The van der Waals surface area contributed by atoms with Gasteiger partial charge in [0.05, 0.1) is 6.61 Å². The second-order valence-corrected chi connectivity index (χ2v) is 17.8. The fourth-order valence-corrected chi connectivity index (χ4v) is 7.99. The van der Waals surface area contributed by atoms with Crippen LogP contribution in [0.25, 0.3) is 0 Å². The first-order valence-corrected chi connectivity index (χ1v) is 25.5. The van der Waals surface area contributed by atoms with Crippen molar-refractivity contribution in [1.82, 2.24) is 0 Å². The van der Waals surface area contributed by atoms with Crippen LogP contribution in [0.5, 0.6) is 0 Å². The van der Waals surface area contributed by atoms with Gasteiger partial charge in [-0.25, -0.2) is 0 Å². The van der Waals surface area contributed by atoms with Gasteiger partial charge in [0.25, 0.3) is 0 Å². The molecule has 0 radical (unpaired) electrons. The first-order valence-electron chi connectivity index (χ1n) is 25.5. The monoisotopic (exact) mass is 759 g/mol. The Bertz CT molecular complexity index is 713. The average molecular weight is 759 g/mol. The minimum atomic E-state index is 0.0284. The minimum Gasteiger partial charge on any atom is -0.466 e. The van der Waals surface area contributed by atoms with Crippen molar-refractivity contribution < 1.29 is 9.53 Å². The van der Waals surface area contributed by atoms with E-state index in [1.807, 2.05) is 0 Å². The molecular formula is C52H102O2. The molecule has 0 saturated heterocycles. The lowest BCUT2D eigenvalue weighted by molar-refractivity contribution is -0.143. The van der Waals surface area contributed by atoms with E-state index in [1.165, 1.54) is 263 Å². The van der Waals surface area contributed by atoms with Gasteiger partial charge in [0.15, 0.2) is 0 Å². The Balaban J connectivity index is 3.17. The summed E-state index contributed by atoms with van der Waals surface area (Å²) in [6.45, 7) is 7.64. The molecule has 2 nitrogen and oxygen atoms in total. The minimum absolute atomic E-state index is 0.0284. The van der Waals surface area contributed by atoms with E-state index in [2.05, 4.69) is 32.9 Å². The molecular weight excluding hydrogens is 657 g/mol. The second-order valence-electron chi connectivity index (χ2n) is 17.8. The Morgan fingerprint density at radius 2 is 0.685 bits per heavy atom. The van der Waals surface area contributed by atoms with Crippen LogP contribution in [-0.2, 0) is 9.53 Å². The zero-order valence-electron chi connectivity index (χ0n) is 37.9. The summed E-state index contributed by atoms with van der Waals surface area (Å²) >= 11 is 0. The van der Waals surface area contributed by atoms with Crippen LogP contribution in [-0.4, -0.2) is 12.6 Å². The molecule has 54 heavy (non-hydrogen) atoms. The Morgan fingerprint density at radius 3 is 1.04 bits per heavy atom. The summed E-state index contributed by atoms with van der Waals surface area (Å²) in [6, 6.07) is 0. The molecule has 0 aromatic heterocycles. The number of rotatable bonds is 47. The van der Waals surface area contributed by atoms with Crippen LogP contribution >= 0.6 is 0 Å². The summed E-state index contributed by atoms with van der Waals surface area (Å²) in [7, 11) is 0. The first-order chi connectivity index (χ1) is 26.7. The van der Waals surface area contributed by atoms with E-state index in [-0.39, 0.29) is 5.97 Å².